The lowest BCUT2D eigenvalue weighted by Gasteiger charge is -1.96. The van der Waals surface area contributed by atoms with Crippen molar-refractivity contribution in [3.8, 4) is 22.9 Å². The lowest BCUT2D eigenvalue weighted by molar-refractivity contribution is 0.475. The van der Waals surface area contributed by atoms with Gasteiger partial charge in [0.2, 0.25) is 0 Å². The Morgan fingerprint density at radius 3 is 2.67 bits per heavy atom. The zero-order valence-electron chi connectivity index (χ0n) is 7.96. The number of phenolic OH excluding ortho intramolecular Hbond substituents is 1. The molecule has 2 aromatic rings. The van der Waals surface area contributed by atoms with Crippen LogP contribution in [0.5, 0.6) is 5.75 Å². The molecule has 4 heteroatoms. The minimum absolute atomic E-state index is 0.239. The van der Waals surface area contributed by atoms with Crippen LogP contribution in [-0.4, -0.2) is 14.9 Å². The normalized spacial score (nSPS) is 9.80. The number of phenols is 1. The lowest BCUT2D eigenvalue weighted by atomic mass is 10.1. The number of nitriles is 1. The molecule has 0 saturated heterocycles. The average molecular weight is 199 g/mol. The fourth-order valence-electron chi connectivity index (χ4n) is 1.33. The molecule has 4 nitrogen and oxygen atoms in total. The van der Waals surface area contributed by atoms with Crippen LogP contribution in [-0.2, 0) is 6.54 Å². The zero-order valence-corrected chi connectivity index (χ0v) is 7.96. The van der Waals surface area contributed by atoms with E-state index >= 15 is 0 Å². The Kier molecular flexibility index (Phi) is 2.38. The van der Waals surface area contributed by atoms with E-state index < -0.39 is 0 Å². The zero-order chi connectivity index (χ0) is 10.7. The Morgan fingerprint density at radius 1 is 1.27 bits per heavy atom. The summed E-state index contributed by atoms with van der Waals surface area (Å²) in [6, 6.07) is 8.88. The molecule has 1 N–H and O–H groups in total. The molecule has 0 aliphatic heterocycles. The predicted octanol–water partition coefficient (Wildman–Crippen LogP) is 1.78. The van der Waals surface area contributed by atoms with E-state index in [2.05, 4.69) is 5.10 Å². The Bertz CT molecular complexity index is 493. The fourth-order valence-corrected chi connectivity index (χ4v) is 1.33. The molecule has 0 saturated carbocycles. The van der Waals surface area contributed by atoms with E-state index in [1.165, 1.54) is 0 Å². The second-order valence-electron chi connectivity index (χ2n) is 3.13. The SMILES string of the molecule is N#CCn1cc(-c2ccc(O)cc2)cn1. The van der Waals surface area contributed by atoms with Gasteiger partial charge in [-0.1, -0.05) is 12.1 Å². The highest BCUT2D eigenvalue weighted by atomic mass is 16.3. The van der Waals surface area contributed by atoms with E-state index in [1.54, 1.807) is 29.2 Å². The largest absolute Gasteiger partial charge is 0.508 e. The highest BCUT2D eigenvalue weighted by molar-refractivity contribution is 5.62. The maximum absolute atomic E-state index is 9.13. The number of nitrogens with zero attached hydrogens (tertiary/aromatic N) is 3. The molecule has 0 spiro atoms. The van der Waals surface area contributed by atoms with Gasteiger partial charge in [-0.2, -0.15) is 10.4 Å². The Labute approximate surface area is 87.0 Å². The molecular formula is C11H9N3O. The summed E-state index contributed by atoms with van der Waals surface area (Å²) in [5, 5.41) is 21.7. The maximum atomic E-state index is 9.13. The minimum atomic E-state index is 0.239. The van der Waals surface area contributed by atoms with E-state index in [0.717, 1.165) is 11.1 Å². The summed E-state index contributed by atoms with van der Waals surface area (Å²) in [6.45, 7) is 0.248. The molecule has 0 bridgehead atoms. The van der Waals surface area contributed by atoms with Gasteiger partial charge >= 0.3 is 0 Å². The van der Waals surface area contributed by atoms with Crippen LogP contribution in [0.25, 0.3) is 11.1 Å². The first-order valence-electron chi connectivity index (χ1n) is 4.48. The van der Waals surface area contributed by atoms with Crippen LogP contribution >= 0.6 is 0 Å². The van der Waals surface area contributed by atoms with Gasteiger partial charge in [0.05, 0.1) is 12.3 Å². The van der Waals surface area contributed by atoms with Gasteiger partial charge in [0, 0.05) is 11.8 Å². The third-order valence-corrected chi connectivity index (χ3v) is 2.07. The molecule has 0 amide bonds. The topological polar surface area (TPSA) is 61.8 Å². The lowest BCUT2D eigenvalue weighted by Crippen LogP contribution is -1.93. The van der Waals surface area contributed by atoms with Gasteiger partial charge in [-0.25, -0.2) is 0 Å². The average Bonchev–Trinajstić information content (AvgIpc) is 2.68. The van der Waals surface area contributed by atoms with Crippen molar-refractivity contribution in [2.75, 3.05) is 0 Å². The van der Waals surface area contributed by atoms with Crippen LogP contribution in [0.4, 0.5) is 0 Å². The third kappa shape index (κ3) is 1.97. The van der Waals surface area contributed by atoms with Crippen molar-refractivity contribution in [2.24, 2.45) is 0 Å². The van der Waals surface area contributed by atoms with Gasteiger partial charge in [0.1, 0.15) is 12.3 Å². The minimum Gasteiger partial charge on any atom is -0.508 e. The van der Waals surface area contributed by atoms with Crippen molar-refractivity contribution in [3.63, 3.8) is 0 Å². The first-order valence-corrected chi connectivity index (χ1v) is 4.48. The van der Waals surface area contributed by atoms with Crippen LogP contribution in [0.1, 0.15) is 0 Å². The van der Waals surface area contributed by atoms with Crippen LogP contribution in [0.3, 0.4) is 0 Å². The molecule has 1 heterocycles. The number of hydrogen-bond acceptors (Lipinski definition) is 3. The number of benzene rings is 1. The molecule has 0 atom stereocenters. The van der Waals surface area contributed by atoms with Crippen molar-refractivity contribution in [1.82, 2.24) is 9.78 Å². The van der Waals surface area contributed by atoms with E-state index in [1.807, 2.05) is 18.2 Å². The van der Waals surface area contributed by atoms with Gasteiger partial charge in [0.25, 0.3) is 0 Å². The second kappa shape index (κ2) is 3.84. The van der Waals surface area contributed by atoms with Crippen molar-refractivity contribution >= 4 is 0 Å². The van der Waals surface area contributed by atoms with E-state index in [-0.39, 0.29) is 12.3 Å². The highest BCUT2D eigenvalue weighted by Gasteiger charge is 2.00. The number of rotatable bonds is 2. The van der Waals surface area contributed by atoms with Crippen LogP contribution in [0.2, 0.25) is 0 Å². The van der Waals surface area contributed by atoms with Gasteiger partial charge in [-0.05, 0) is 17.7 Å². The summed E-state index contributed by atoms with van der Waals surface area (Å²) in [7, 11) is 0. The molecule has 0 unspecified atom stereocenters. The van der Waals surface area contributed by atoms with Gasteiger partial charge in [-0.3, -0.25) is 4.68 Å². The number of aromatic hydroxyl groups is 1. The number of aromatic nitrogens is 2. The third-order valence-electron chi connectivity index (χ3n) is 2.07. The van der Waals surface area contributed by atoms with Crippen LogP contribution < -0.4 is 0 Å². The molecule has 74 valence electrons. The summed E-state index contributed by atoms with van der Waals surface area (Å²) >= 11 is 0. The van der Waals surface area contributed by atoms with Gasteiger partial charge < -0.3 is 5.11 Å². The highest BCUT2D eigenvalue weighted by Crippen LogP contribution is 2.20. The van der Waals surface area contributed by atoms with Gasteiger partial charge in [-0.15, -0.1) is 0 Å². The molecule has 0 radical (unpaired) electrons. The molecule has 0 aliphatic carbocycles. The summed E-state index contributed by atoms with van der Waals surface area (Å²) < 4.78 is 1.57. The Balaban J connectivity index is 2.30. The maximum Gasteiger partial charge on any atom is 0.128 e. The molecule has 15 heavy (non-hydrogen) atoms. The Hall–Kier alpha value is -2.28. The van der Waals surface area contributed by atoms with E-state index in [4.69, 9.17) is 10.4 Å². The first-order chi connectivity index (χ1) is 7.29. The summed E-state index contributed by atoms with van der Waals surface area (Å²) in [5.41, 5.74) is 1.90. The van der Waals surface area contributed by atoms with E-state index in [0.29, 0.717) is 0 Å². The number of hydrogen-bond donors (Lipinski definition) is 1. The van der Waals surface area contributed by atoms with Crippen molar-refractivity contribution in [2.45, 2.75) is 6.54 Å². The fraction of sp³-hybridized carbons (Fsp3) is 0.0909. The molecule has 1 aromatic carbocycles. The summed E-state index contributed by atoms with van der Waals surface area (Å²) in [4.78, 5) is 0. The molecular weight excluding hydrogens is 190 g/mol. The smallest absolute Gasteiger partial charge is 0.128 e. The molecule has 0 fully saturated rings. The van der Waals surface area contributed by atoms with Crippen LogP contribution in [0.15, 0.2) is 36.7 Å². The van der Waals surface area contributed by atoms with Crippen molar-refractivity contribution in [3.05, 3.63) is 36.7 Å². The quantitative estimate of drug-likeness (QED) is 0.801. The van der Waals surface area contributed by atoms with E-state index in [9.17, 15) is 0 Å². The van der Waals surface area contributed by atoms with Gasteiger partial charge in [0.15, 0.2) is 0 Å². The predicted molar refractivity (Wildman–Crippen MR) is 54.9 cm³/mol. The van der Waals surface area contributed by atoms with Crippen LogP contribution in [0, 0.1) is 11.3 Å². The second-order valence-corrected chi connectivity index (χ2v) is 3.13. The van der Waals surface area contributed by atoms with Crippen molar-refractivity contribution in [1.29, 1.82) is 5.26 Å². The first kappa shape index (κ1) is 9.28. The molecule has 0 aliphatic rings. The monoisotopic (exact) mass is 199 g/mol. The summed E-state index contributed by atoms with van der Waals surface area (Å²) in [6.07, 6.45) is 3.50. The molecule has 1 aromatic heterocycles. The standard InChI is InChI=1S/C11H9N3O/c12-5-6-14-8-10(7-13-14)9-1-3-11(15)4-2-9/h1-4,7-8,15H,6H2. The Morgan fingerprint density at radius 2 is 2.00 bits per heavy atom. The molecule has 2 rings (SSSR count). The van der Waals surface area contributed by atoms with Crippen molar-refractivity contribution < 1.29 is 5.11 Å². The summed E-state index contributed by atoms with van der Waals surface area (Å²) in [5.74, 6) is 0.239.